The molecular formula is C18H21N3O3. The third-order valence-corrected chi connectivity index (χ3v) is 3.64. The van der Waals surface area contributed by atoms with E-state index >= 15 is 0 Å². The zero-order valence-electron chi connectivity index (χ0n) is 13.7. The van der Waals surface area contributed by atoms with Gasteiger partial charge in [0.2, 0.25) is 5.88 Å². The van der Waals surface area contributed by atoms with Crippen LogP contribution in [0.2, 0.25) is 0 Å². The molecule has 0 aliphatic heterocycles. The number of carboxylic acids is 1. The van der Waals surface area contributed by atoms with Crippen LogP contribution < -0.4 is 17.0 Å². The first-order chi connectivity index (χ1) is 11.4. The van der Waals surface area contributed by atoms with E-state index in [-0.39, 0.29) is 12.5 Å². The number of aryl methyl sites for hydroxylation is 2. The van der Waals surface area contributed by atoms with Crippen LogP contribution in [-0.2, 0) is 16.1 Å². The van der Waals surface area contributed by atoms with Gasteiger partial charge in [0, 0.05) is 0 Å². The minimum Gasteiger partial charge on any atom is -0.476 e. The largest absolute Gasteiger partial charge is 0.476 e. The van der Waals surface area contributed by atoms with E-state index in [4.69, 9.17) is 21.4 Å². The highest BCUT2D eigenvalue weighted by Gasteiger charge is 2.11. The number of hydrogen-bond acceptors (Lipinski definition) is 5. The second kappa shape index (κ2) is 7.52. The van der Waals surface area contributed by atoms with Crippen molar-refractivity contribution < 1.29 is 14.6 Å². The number of carboxylic acid groups (broad SMARTS) is 1. The SMILES string of the molecule is Cc1ccc(-c2ccc(CO/C(NN)=C(/N)C(=O)O)cc2)c(C)c1. The van der Waals surface area contributed by atoms with Crippen molar-refractivity contribution in [3.05, 3.63) is 70.7 Å². The van der Waals surface area contributed by atoms with Crippen LogP contribution in [0.5, 0.6) is 0 Å². The molecule has 0 radical (unpaired) electrons. The van der Waals surface area contributed by atoms with Crippen molar-refractivity contribution in [3.8, 4) is 11.1 Å². The molecule has 2 rings (SSSR count). The van der Waals surface area contributed by atoms with Gasteiger partial charge in [-0.1, -0.05) is 48.0 Å². The Morgan fingerprint density at radius 1 is 1.17 bits per heavy atom. The normalized spacial score (nSPS) is 11.6. The summed E-state index contributed by atoms with van der Waals surface area (Å²) in [5.41, 5.74) is 12.7. The van der Waals surface area contributed by atoms with Gasteiger partial charge in [0.15, 0.2) is 5.70 Å². The smallest absolute Gasteiger partial charge is 0.357 e. The fraction of sp³-hybridized carbons (Fsp3) is 0.167. The summed E-state index contributed by atoms with van der Waals surface area (Å²) < 4.78 is 5.32. The first-order valence-corrected chi connectivity index (χ1v) is 7.41. The molecule has 2 aromatic carbocycles. The van der Waals surface area contributed by atoms with Gasteiger partial charge in [0.05, 0.1) is 0 Å². The summed E-state index contributed by atoms with van der Waals surface area (Å²) in [4.78, 5) is 10.8. The van der Waals surface area contributed by atoms with Gasteiger partial charge in [-0.05, 0) is 36.1 Å². The van der Waals surface area contributed by atoms with Gasteiger partial charge >= 0.3 is 5.97 Å². The monoisotopic (exact) mass is 327 g/mol. The molecule has 0 amide bonds. The Labute approximate surface area is 140 Å². The average molecular weight is 327 g/mol. The zero-order chi connectivity index (χ0) is 17.7. The summed E-state index contributed by atoms with van der Waals surface area (Å²) in [5, 5.41) is 8.83. The van der Waals surface area contributed by atoms with Gasteiger partial charge < -0.3 is 15.6 Å². The van der Waals surface area contributed by atoms with Crippen molar-refractivity contribution in [2.45, 2.75) is 20.5 Å². The van der Waals surface area contributed by atoms with Crippen LogP contribution in [0.3, 0.4) is 0 Å². The molecule has 0 aromatic heterocycles. The minimum absolute atomic E-state index is 0.153. The number of nitrogens with two attached hydrogens (primary N) is 2. The third-order valence-electron chi connectivity index (χ3n) is 3.64. The Balaban J connectivity index is 2.12. The summed E-state index contributed by atoms with van der Waals surface area (Å²) in [6, 6.07) is 14.2. The Morgan fingerprint density at radius 2 is 1.83 bits per heavy atom. The van der Waals surface area contributed by atoms with Gasteiger partial charge in [-0.2, -0.15) is 0 Å². The van der Waals surface area contributed by atoms with Crippen molar-refractivity contribution in [3.63, 3.8) is 0 Å². The van der Waals surface area contributed by atoms with Crippen molar-refractivity contribution >= 4 is 5.97 Å². The molecule has 0 atom stereocenters. The molecule has 6 nitrogen and oxygen atoms in total. The van der Waals surface area contributed by atoms with E-state index in [1.807, 2.05) is 24.3 Å². The summed E-state index contributed by atoms with van der Waals surface area (Å²) in [6.07, 6.45) is 0. The quantitative estimate of drug-likeness (QED) is 0.280. The van der Waals surface area contributed by atoms with Gasteiger partial charge in [-0.15, -0.1) is 0 Å². The zero-order valence-corrected chi connectivity index (χ0v) is 13.7. The van der Waals surface area contributed by atoms with Crippen molar-refractivity contribution in [1.82, 2.24) is 5.43 Å². The Kier molecular flexibility index (Phi) is 5.44. The van der Waals surface area contributed by atoms with E-state index in [0.29, 0.717) is 0 Å². The van der Waals surface area contributed by atoms with E-state index in [1.54, 1.807) is 0 Å². The fourth-order valence-corrected chi connectivity index (χ4v) is 2.37. The van der Waals surface area contributed by atoms with Crippen molar-refractivity contribution in [1.29, 1.82) is 0 Å². The molecule has 126 valence electrons. The number of nitrogens with one attached hydrogen (secondary N) is 1. The molecule has 0 saturated heterocycles. The molecule has 0 saturated carbocycles. The number of carbonyl (C=O) groups is 1. The summed E-state index contributed by atoms with van der Waals surface area (Å²) in [7, 11) is 0. The van der Waals surface area contributed by atoms with Crippen LogP contribution in [0, 0.1) is 13.8 Å². The number of aliphatic carboxylic acids is 1. The average Bonchev–Trinajstić information content (AvgIpc) is 2.56. The maximum Gasteiger partial charge on any atom is 0.357 e. The molecule has 6 heteroatoms. The fourth-order valence-electron chi connectivity index (χ4n) is 2.37. The topological polar surface area (TPSA) is 111 Å². The summed E-state index contributed by atoms with van der Waals surface area (Å²) in [5.74, 6) is 3.76. The molecular weight excluding hydrogens is 306 g/mol. The highest BCUT2D eigenvalue weighted by molar-refractivity contribution is 5.85. The van der Waals surface area contributed by atoms with Gasteiger partial charge in [-0.25, -0.2) is 10.6 Å². The molecule has 0 aliphatic carbocycles. The van der Waals surface area contributed by atoms with Crippen LogP contribution in [0.4, 0.5) is 0 Å². The molecule has 0 unspecified atom stereocenters. The second-order valence-electron chi connectivity index (χ2n) is 5.50. The highest BCUT2D eigenvalue weighted by Crippen LogP contribution is 2.24. The molecule has 6 N–H and O–H groups in total. The van der Waals surface area contributed by atoms with Crippen LogP contribution in [0.25, 0.3) is 11.1 Å². The van der Waals surface area contributed by atoms with Crippen LogP contribution in [0.15, 0.2) is 54.0 Å². The third kappa shape index (κ3) is 4.05. The van der Waals surface area contributed by atoms with Crippen LogP contribution in [-0.4, -0.2) is 11.1 Å². The van der Waals surface area contributed by atoms with Gasteiger partial charge in [0.1, 0.15) is 6.61 Å². The first kappa shape index (κ1) is 17.4. The maximum absolute atomic E-state index is 10.8. The lowest BCUT2D eigenvalue weighted by Gasteiger charge is -2.12. The highest BCUT2D eigenvalue weighted by atomic mass is 16.5. The van der Waals surface area contributed by atoms with Crippen molar-refractivity contribution in [2.75, 3.05) is 0 Å². The summed E-state index contributed by atoms with van der Waals surface area (Å²) in [6.45, 7) is 4.30. The molecule has 0 aliphatic rings. The lowest BCUT2D eigenvalue weighted by Crippen LogP contribution is -2.29. The van der Waals surface area contributed by atoms with E-state index in [0.717, 1.165) is 11.1 Å². The molecule has 0 fully saturated rings. The Hall–Kier alpha value is -2.99. The molecule has 2 aromatic rings. The second-order valence-corrected chi connectivity index (χ2v) is 5.50. The van der Waals surface area contributed by atoms with Gasteiger partial charge in [0.25, 0.3) is 0 Å². The lowest BCUT2D eigenvalue weighted by molar-refractivity contribution is -0.133. The van der Waals surface area contributed by atoms with Crippen LogP contribution in [0.1, 0.15) is 16.7 Å². The van der Waals surface area contributed by atoms with Gasteiger partial charge in [-0.3, -0.25) is 5.43 Å². The van der Waals surface area contributed by atoms with Crippen LogP contribution >= 0.6 is 0 Å². The van der Waals surface area contributed by atoms with E-state index < -0.39 is 11.7 Å². The predicted molar refractivity (Wildman–Crippen MR) is 92.3 cm³/mol. The van der Waals surface area contributed by atoms with Crippen molar-refractivity contribution in [2.24, 2.45) is 11.6 Å². The molecule has 0 heterocycles. The van der Waals surface area contributed by atoms with E-state index in [2.05, 4.69) is 37.5 Å². The van der Waals surface area contributed by atoms with E-state index in [1.165, 1.54) is 16.7 Å². The molecule has 0 bridgehead atoms. The Bertz CT molecular complexity index is 768. The number of rotatable bonds is 6. The molecule has 0 spiro atoms. The number of benzene rings is 2. The summed E-state index contributed by atoms with van der Waals surface area (Å²) >= 11 is 0. The Morgan fingerprint density at radius 3 is 2.38 bits per heavy atom. The number of ether oxygens (including phenoxy) is 1. The lowest BCUT2D eigenvalue weighted by atomic mass is 9.98. The maximum atomic E-state index is 10.8. The standard InChI is InChI=1S/C18H21N3O3/c1-11-3-8-15(12(2)9-11)14-6-4-13(5-7-14)10-24-17(21-20)16(19)18(22)23/h3-9,21H,10,19-20H2,1-2H3,(H,22,23)/b17-16+. The first-order valence-electron chi connectivity index (χ1n) is 7.41. The minimum atomic E-state index is -1.30. The number of hydrogen-bond donors (Lipinski definition) is 4. The van der Waals surface area contributed by atoms with E-state index in [9.17, 15) is 4.79 Å². The molecule has 24 heavy (non-hydrogen) atoms. The number of hydrazine groups is 1. The predicted octanol–water partition coefficient (Wildman–Crippen LogP) is 2.16.